The van der Waals surface area contributed by atoms with Gasteiger partial charge in [-0.15, -0.1) is 0 Å². The predicted octanol–water partition coefficient (Wildman–Crippen LogP) is 3.16. The summed E-state index contributed by atoms with van der Waals surface area (Å²) in [6.45, 7) is 4.36. The van der Waals surface area contributed by atoms with Crippen molar-refractivity contribution in [3.63, 3.8) is 0 Å². The number of carbonyl (C=O) groups is 1. The molecule has 0 radical (unpaired) electrons. The van der Waals surface area contributed by atoms with Crippen LogP contribution in [0.4, 0.5) is 13.2 Å². The van der Waals surface area contributed by atoms with Crippen molar-refractivity contribution in [3.8, 4) is 11.3 Å². The summed E-state index contributed by atoms with van der Waals surface area (Å²) in [5, 5.41) is 10.8. The molecule has 0 bridgehead atoms. The van der Waals surface area contributed by atoms with Crippen molar-refractivity contribution in [1.29, 1.82) is 0 Å². The van der Waals surface area contributed by atoms with Gasteiger partial charge in [0.25, 0.3) is 0 Å². The van der Waals surface area contributed by atoms with Crippen LogP contribution < -0.4 is 5.32 Å². The average Bonchev–Trinajstić information content (AvgIpc) is 3.25. The van der Waals surface area contributed by atoms with Crippen LogP contribution in [0, 0.1) is 0 Å². The Morgan fingerprint density at radius 2 is 2.15 bits per heavy atom. The van der Waals surface area contributed by atoms with E-state index in [1.807, 2.05) is 0 Å². The van der Waals surface area contributed by atoms with Gasteiger partial charge in [-0.2, -0.15) is 13.2 Å². The molecular formula is C18H22F3N3O3. The highest BCUT2D eigenvalue weighted by Gasteiger charge is 2.38. The number of likely N-dealkylation sites (N-methyl/N-ethyl adjacent to an activating group) is 1. The fraction of sp³-hybridized carbons (Fsp3) is 0.444. The minimum atomic E-state index is -5.08. The van der Waals surface area contributed by atoms with Crippen LogP contribution in [-0.4, -0.2) is 52.8 Å². The van der Waals surface area contributed by atoms with E-state index in [1.54, 1.807) is 6.20 Å². The Hall–Kier alpha value is -2.39. The molecule has 27 heavy (non-hydrogen) atoms. The van der Waals surface area contributed by atoms with Gasteiger partial charge in [0.2, 0.25) is 0 Å². The highest BCUT2D eigenvalue weighted by molar-refractivity contribution is 5.73. The lowest BCUT2D eigenvalue weighted by Gasteiger charge is -2.21. The summed E-state index contributed by atoms with van der Waals surface area (Å²) < 4.78 is 37.1. The highest BCUT2D eigenvalue weighted by Crippen LogP contribution is 2.20. The number of rotatable bonds is 4. The zero-order valence-corrected chi connectivity index (χ0v) is 15.0. The van der Waals surface area contributed by atoms with Gasteiger partial charge in [0.1, 0.15) is 0 Å². The van der Waals surface area contributed by atoms with E-state index in [1.165, 1.54) is 24.9 Å². The van der Waals surface area contributed by atoms with Gasteiger partial charge in [-0.05, 0) is 38.6 Å². The number of aromatic nitrogens is 1. The minimum absolute atomic E-state index is 0.578. The second kappa shape index (κ2) is 9.01. The first kappa shape index (κ1) is 20.9. The number of benzene rings is 1. The number of aliphatic carboxylic acids is 1. The molecule has 2 atom stereocenters. The van der Waals surface area contributed by atoms with Gasteiger partial charge in [-0.3, -0.25) is 0 Å². The first-order valence-electron chi connectivity index (χ1n) is 8.40. The lowest BCUT2D eigenvalue weighted by molar-refractivity contribution is -0.192. The Kier molecular flexibility index (Phi) is 6.98. The van der Waals surface area contributed by atoms with Crippen LogP contribution in [0.3, 0.4) is 0 Å². The molecule has 2 N–H and O–H groups in total. The number of alkyl halides is 3. The monoisotopic (exact) mass is 385 g/mol. The molecule has 0 spiro atoms. The molecule has 2 unspecified atom stereocenters. The number of nitrogens with one attached hydrogen (secondary N) is 1. The normalized spacial score (nSPS) is 20.2. The molecule has 148 valence electrons. The molecule has 1 fully saturated rings. The van der Waals surface area contributed by atoms with Crippen LogP contribution in [-0.2, 0) is 11.3 Å². The summed E-state index contributed by atoms with van der Waals surface area (Å²) >= 11 is 0. The molecule has 2 heterocycles. The Balaban J connectivity index is 0.000000321. The van der Waals surface area contributed by atoms with Gasteiger partial charge in [-0.25, -0.2) is 9.78 Å². The number of likely N-dealkylation sites (tertiary alicyclic amines) is 1. The van der Waals surface area contributed by atoms with E-state index in [0.29, 0.717) is 12.1 Å². The highest BCUT2D eigenvalue weighted by atomic mass is 19.4. The summed E-state index contributed by atoms with van der Waals surface area (Å²) in [4.78, 5) is 15.3. The molecule has 9 heteroatoms. The van der Waals surface area contributed by atoms with Crippen molar-refractivity contribution in [3.05, 3.63) is 42.4 Å². The Labute approximate surface area is 155 Å². The molecule has 1 aromatic heterocycles. The van der Waals surface area contributed by atoms with Gasteiger partial charge in [0.15, 0.2) is 12.2 Å². The fourth-order valence-electron chi connectivity index (χ4n) is 2.81. The molecule has 3 rings (SSSR count). The molecule has 0 saturated carbocycles. The van der Waals surface area contributed by atoms with Crippen LogP contribution >= 0.6 is 0 Å². The number of oxazole rings is 1. The summed E-state index contributed by atoms with van der Waals surface area (Å²) in [5.41, 5.74) is 2.36. The van der Waals surface area contributed by atoms with Crippen LogP contribution in [0.25, 0.3) is 11.3 Å². The maximum absolute atomic E-state index is 10.6. The van der Waals surface area contributed by atoms with E-state index in [0.717, 1.165) is 17.9 Å². The number of carboxylic acid groups (broad SMARTS) is 1. The Morgan fingerprint density at radius 3 is 2.67 bits per heavy atom. The maximum Gasteiger partial charge on any atom is 0.490 e. The zero-order chi connectivity index (χ0) is 20.0. The number of carboxylic acids is 1. The summed E-state index contributed by atoms with van der Waals surface area (Å²) in [7, 11) is 2.19. The molecule has 6 nitrogen and oxygen atoms in total. The third kappa shape index (κ3) is 6.07. The zero-order valence-electron chi connectivity index (χ0n) is 15.0. The average molecular weight is 385 g/mol. The van der Waals surface area contributed by atoms with Crippen LogP contribution in [0.2, 0.25) is 0 Å². The van der Waals surface area contributed by atoms with Gasteiger partial charge in [0.05, 0.1) is 6.20 Å². The van der Waals surface area contributed by atoms with Crippen LogP contribution in [0.15, 0.2) is 41.3 Å². The summed E-state index contributed by atoms with van der Waals surface area (Å²) in [6, 6.07) is 9.61. The number of nitrogens with zero attached hydrogens (tertiary/aromatic N) is 2. The first-order chi connectivity index (χ1) is 12.7. The van der Waals surface area contributed by atoms with E-state index in [-0.39, 0.29) is 0 Å². The third-order valence-corrected chi connectivity index (χ3v) is 4.53. The third-order valence-electron chi connectivity index (χ3n) is 4.53. The topological polar surface area (TPSA) is 78.6 Å². The number of hydrogen-bond donors (Lipinski definition) is 2. The van der Waals surface area contributed by atoms with Gasteiger partial charge >= 0.3 is 12.1 Å². The van der Waals surface area contributed by atoms with E-state index in [2.05, 4.69) is 53.4 Å². The van der Waals surface area contributed by atoms with Crippen molar-refractivity contribution < 1.29 is 27.5 Å². The Morgan fingerprint density at radius 1 is 1.44 bits per heavy atom. The van der Waals surface area contributed by atoms with Crippen molar-refractivity contribution in [2.45, 2.75) is 38.1 Å². The lowest BCUT2D eigenvalue weighted by Crippen LogP contribution is -2.38. The van der Waals surface area contributed by atoms with Crippen LogP contribution in [0.1, 0.15) is 18.9 Å². The fourth-order valence-corrected chi connectivity index (χ4v) is 2.81. The molecule has 0 amide bonds. The number of hydrogen-bond acceptors (Lipinski definition) is 5. The number of halogens is 3. The first-order valence-corrected chi connectivity index (χ1v) is 8.40. The van der Waals surface area contributed by atoms with E-state index < -0.39 is 12.1 Å². The molecule has 0 aliphatic carbocycles. The predicted molar refractivity (Wildman–Crippen MR) is 93.0 cm³/mol. The summed E-state index contributed by atoms with van der Waals surface area (Å²) in [5.74, 6) is -1.94. The van der Waals surface area contributed by atoms with E-state index in [9.17, 15) is 13.2 Å². The summed E-state index contributed by atoms with van der Waals surface area (Å²) in [6.07, 6.45) is -0.643. The quantitative estimate of drug-likeness (QED) is 0.842. The van der Waals surface area contributed by atoms with Gasteiger partial charge < -0.3 is 19.7 Å². The van der Waals surface area contributed by atoms with E-state index >= 15 is 0 Å². The second-order valence-electron chi connectivity index (χ2n) is 6.37. The largest absolute Gasteiger partial charge is 0.490 e. The minimum Gasteiger partial charge on any atom is -0.475 e. The lowest BCUT2D eigenvalue weighted by atomic mass is 10.1. The molecule has 1 saturated heterocycles. The molecule has 1 aliphatic rings. The molecule has 1 aromatic carbocycles. The molecule has 2 aromatic rings. The molecule has 1 aliphatic heterocycles. The van der Waals surface area contributed by atoms with Crippen molar-refractivity contribution >= 4 is 5.97 Å². The maximum atomic E-state index is 10.6. The van der Waals surface area contributed by atoms with Gasteiger partial charge in [-0.1, -0.05) is 18.2 Å². The van der Waals surface area contributed by atoms with Gasteiger partial charge in [0, 0.05) is 24.2 Å². The smallest absolute Gasteiger partial charge is 0.475 e. The van der Waals surface area contributed by atoms with E-state index in [4.69, 9.17) is 14.3 Å². The van der Waals surface area contributed by atoms with Crippen molar-refractivity contribution in [2.24, 2.45) is 0 Å². The molecular weight excluding hydrogens is 363 g/mol. The Bertz CT molecular complexity index is 735. The van der Waals surface area contributed by atoms with Crippen molar-refractivity contribution in [2.75, 3.05) is 13.6 Å². The second-order valence-corrected chi connectivity index (χ2v) is 6.37. The van der Waals surface area contributed by atoms with Crippen molar-refractivity contribution in [1.82, 2.24) is 15.2 Å². The SMILES string of the molecule is CC1C(NCc2cccc(-c3cnco3)c2)CCN1C.O=C(O)C(F)(F)F. The van der Waals surface area contributed by atoms with Crippen LogP contribution in [0.5, 0.6) is 0 Å². The standard InChI is InChI=1S/C16H21N3O.C2HF3O2/c1-12-15(6-7-19(12)2)18-9-13-4-3-5-14(8-13)16-10-17-11-20-16;3-2(4,5)1(6)7/h3-5,8,10-12,15,18H,6-7,9H2,1-2H3;(H,6,7).